The summed E-state index contributed by atoms with van der Waals surface area (Å²) < 4.78 is 15.7. The number of carboxylic acid groups (broad SMARTS) is 1. The van der Waals surface area contributed by atoms with Crippen LogP contribution in [0.1, 0.15) is 10.4 Å². The van der Waals surface area contributed by atoms with E-state index in [2.05, 4.69) is 10.2 Å². The predicted molar refractivity (Wildman–Crippen MR) is 70.6 cm³/mol. The summed E-state index contributed by atoms with van der Waals surface area (Å²) in [6.45, 7) is 0. The fourth-order valence-corrected chi connectivity index (χ4v) is 1.89. The number of benzene rings is 1. The lowest BCUT2D eigenvalue weighted by Gasteiger charge is -2.13. The Morgan fingerprint density at radius 2 is 1.75 bits per heavy atom. The number of nitrogens with one attached hydrogen (secondary N) is 1. The summed E-state index contributed by atoms with van der Waals surface area (Å²) in [4.78, 5) is 11.1. The van der Waals surface area contributed by atoms with E-state index in [1.165, 1.54) is 27.5 Å². The molecule has 7 nitrogen and oxygen atoms in total. The molecule has 106 valence electrons. The number of H-pyrrole nitrogens is 1. The summed E-state index contributed by atoms with van der Waals surface area (Å²) >= 11 is 0. The van der Waals surface area contributed by atoms with Crippen LogP contribution in [0.3, 0.4) is 0 Å². The van der Waals surface area contributed by atoms with Crippen LogP contribution in [0.2, 0.25) is 0 Å². The number of methoxy groups -OCH3 is 3. The Hall–Kier alpha value is -2.70. The highest BCUT2D eigenvalue weighted by molar-refractivity contribution is 5.95. The number of carbonyl (C=O) groups is 1. The molecule has 1 aromatic carbocycles. The Kier molecular flexibility index (Phi) is 3.79. The summed E-state index contributed by atoms with van der Waals surface area (Å²) in [6, 6.07) is 3.31. The van der Waals surface area contributed by atoms with Crippen molar-refractivity contribution in [2.75, 3.05) is 21.3 Å². The van der Waals surface area contributed by atoms with Crippen molar-refractivity contribution in [3.8, 4) is 28.5 Å². The van der Waals surface area contributed by atoms with E-state index in [9.17, 15) is 4.79 Å². The molecule has 0 saturated heterocycles. The van der Waals surface area contributed by atoms with Crippen LogP contribution in [0.4, 0.5) is 0 Å². The fraction of sp³-hybridized carbons (Fsp3) is 0.231. The first-order chi connectivity index (χ1) is 9.62. The normalized spacial score (nSPS) is 10.2. The van der Waals surface area contributed by atoms with E-state index >= 15 is 0 Å². The van der Waals surface area contributed by atoms with E-state index < -0.39 is 5.97 Å². The van der Waals surface area contributed by atoms with Crippen molar-refractivity contribution in [1.29, 1.82) is 0 Å². The molecule has 7 heteroatoms. The number of carboxylic acids is 1. The topological polar surface area (TPSA) is 93.7 Å². The Labute approximate surface area is 115 Å². The maximum absolute atomic E-state index is 11.1. The zero-order valence-electron chi connectivity index (χ0n) is 11.3. The van der Waals surface area contributed by atoms with Crippen LogP contribution in [-0.4, -0.2) is 42.6 Å². The second-order valence-corrected chi connectivity index (χ2v) is 3.88. The lowest BCUT2D eigenvalue weighted by molar-refractivity contribution is 0.0698. The van der Waals surface area contributed by atoms with Crippen LogP contribution in [0.15, 0.2) is 18.3 Å². The lowest BCUT2D eigenvalue weighted by atomic mass is 10.1. The summed E-state index contributed by atoms with van der Waals surface area (Å²) in [6.07, 6.45) is 1.25. The molecule has 0 fully saturated rings. The minimum atomic E-state index is -1.07. The van der Waals surface area contributed by atoms with Crippen LogP contribution >= 0.6 is 0 Å². The minimum Gasteiger partial charge on any atom is -0.493 e. The van der Waals surface area contributed by atoms with E-state index in [-0.39, 0.29) is 5.56 Å². The molecule has 1 aromatic heterocycles. The molecule has 0 aliphatic heterocycles. The minimum absolute atomic E-state index is 0.0688. The van der Waals surface area contributed by atoms with Crippen LogP contribution < -0.4 is 14.2 Å². The third-order valence-corrected chi connectivity index (χ3v) is 2.82. The number of aromatic carboxylic acids is 1. The molecular formula is C13H14N2O5. The van der Waals surface area contributed by atoms with Crippen molar-refractivity contribution in [3.05, 3.63) is 23.9 Å². The van der Waals surface area contributed by atoms with Crippen molar-refractivity contribution in [1.82, 2.24) is 10.2 Å². The average Bonchev–Trinajstić information content (AvgIpc) is 2.95. The third-order valence-electron chi connectivity index (χ3n) is 2.82. The fourth-order valence-electron chi connectivity index (χ4n) is 1.89. The van der Waals surface area contributed by atoms with Gasteiger partial charge in [0.15, 0.2) is 11.5 Å². The first-order valence-electron chi connectivity index (χ1n) is 5.69. The van der Waals surface area contributed by atoms with E-state index in [0.29, 0.717) is 28.5 Å². The van der Waals surface area contributed by atoms with Crippen LogP contribution in [0, 0.1) is 0 Å². The highest BCUT2D eigenvalue weighted by atomic mass is 16.5. The smallest absolute Gasteiger partial charge is 0.339 e. The SMILES string of the molecule is COc1cc(-c2[nH]ncc2C(=O)O)cc(OC)c1OC. The van der Waals surface area contributed by atoms with E-state index in [1.807, 2.05) is 0 Å². The van der Waals surface area contributed by atoms with Gasteiger partial charge < -0.3 is 19.3 Å². The zero-order valence-corrected chi connectivity index (χ0v) is 11.3. The number of hydrogen-bond donors (Lipinski definition) is 2. The quantitative estimate of drug-likeness (QED) is 0.866. The zero-order chi connectivity index (χ0) is 14.7. The predicted octanol–water partition coefficient (Wildman–Crippen LogP) is 1.80. The Morgan fingerprint density at radius 3 is 2.20 bits per heavy atom. The molecule has 0 amide bonds. The van der Waals surface area contributed by atoms with Gasteiger partial charge in [-0.25, -0.2) is 4.79 Å². The van der Waals surface area contributed by atoms with Gasteiger partial charge in [0.2, 0.25) is 5.75 Å². The molecule has 2 rings (SSSR count). The standard InChI is InChI=1S/C13H14N2O5/c1-18-9-4-7(5-10(19-2)12(9)20-3)11-8(13(16)17)6-14-15-11/h4-6H,1-3H3,(H,14,15)(H,16,17). The van der Waals surface area contributed by atoms with Crippen molar-refractivity contribution in [2.24, 2.45) is 0 Å². The van der Waals surface area contributed by atoms with Gasteiger partial charge in [0.05, 0.1) is 33.2 Å². The summed E-state index contributed by atoms with van der Waals surface area (Å²) in [5.41, 5.74) is 1.02. The molecule has 0 radical (unpaired) electrons. The number of aromatic nitrogens is 2. The number of nitrogens with zero attached hydrogens (tertiary/aromatic N) is 1. The van der Waals surface area contributed by atoms with E-state index in [0.717, 1.165) is 0 Å². The highest BCUT2D eigenvalue weighted by Gasteiger charge is 2.19. The van der Waals surface area contributed by atoms with Crippen molar-refractivity contribution < 1.29 is 24.1 Å². The summed E-state index contributed by atoms with van der Waals surface area (Å²) in [5, 5.41) is 15.5. The lowest BCUT2D eigenvalue weighted by Crippen LogP contribution is -1.99. The van der Waals surface area contributed by atoms with Gasteiger partial charge in [-0.05, 0) is 12.1 Å². The molecule has 0 aliphatic carbocycles. The number of aromatic amines is 1. The van der Waals surface area contributed by atoms with Gasteiger partial charge in [0.1, 0.15) is 5.56 Å². The molecule has 2 aromatic rings. The van der Waals surface area contributed by atoms with Crippen molar-refractivity contribution >= 4 is 5.97 Å². The van der Waals surface area contributed by atoms with Gasteiger partial charge in [0.25, 0.3) is 0 Å². The van der Waals surface area contributed by atoms with E-state index in [1.54, 1.807) is 12.1 Å². The van der Waals surface area contributed by atoms with Gasteiger partial charge in [-0.1, -0.05) is 0 Å². The number of rotatable bonds is 5. The molecule has 2 N–H and O–H groups in total. The van der Waals surface area contributed by atoms with E-state index in [4.69, 9.17) is 19.3 Å². The largest absolute Gasteiger partial charge is 0.493 e. The monoisotopic (exact) mass is 278 g/mol. The second kappa shape index (κ2) is 5.52. The molecule has 20 heavy (non-hydrogen) atoms. The Balaban J connectivity index is 2.63. The first-order valence-corrected chi connectivity index (χ1v) is 5.69. The highest BCUT2D eigenvalue weighted by Crippen LogP contribution is 2.41. The van der Waals surface area contributed by atoms with Gasteiger partial charge in [-0.15, -0.1) is 0 Å². The Morgan fingerprint density at radius 1 is 1.15 bits per heavy atom. The maximum atomic E-state index is 11.1. The first kappa shape index (κ1) is 13.7. The molecule has 0 aliphatic rings. The number of ether oxygens (including phenoxy) is 3. The van der Waals surface area contributed by atoms with Gasteiger partial charge in [-0.3, -0.25) is 5.10 Å². The van der Waals surface area contributed by atoms with Crippen molar-refractivity contribution in [2.45, 2.75) is 0 Å². The number of hydrogen-bond acceptors (Lipinski definition) is 5. The molecule has 0 spiro atoms. The molecule has 0 atom stereocenters. The molecule has 0 bridgehead atoms. The third kappa shape index (κ3) is 2.25. The van der Waals surface area contributed by atoms with Crippen LogP contribution in [0.25, 0.3) is 11.3 Å². The molecule has 1 heterocycles. The average molecular weight is 278 g/mol. The van der Waals surface area contributed by atoms with Crippen LogP contribution in [-0.2, 0) is 0 Å². The maximum Gasteiger partial charge on any atom is 0.339 e. The Bertz CT molecular complexity index is 610. The summed E-state index contributed by atoms with van der Waals surface area (Å²) in [5.74, 6) is 0.248. The molecule has 0 saturated carbocycles. The summed E-state index contributed by atoms with van der Waals surface area (Å²) in [7, 11) is 4.48. The van der Waals surface area contributed by atoms with Gasteiger partial charge in [-0.2, -0.15) is 5.10 Å². The molecular weight excluding hydrogens is 264 g/mol. The van der Waals surface area contributed by atoms with Gasteiger partial charge in [0, 0.05) is 5.56 Å². The van der Waals surface area contributed by atoms with Crippen LogP contribution in [0.5, 0.6) is 17.2 Å². The van der Waals surface area contributed by atoms with Gasteiger partial charge >= 0.3 is 5.97 Å². The second-order valence-electron chi connectivity index (χ2n) is 3.88. The molecule has 0 unspecified atom stereocenters. The van der Waals surface area contributed by atoms with Crippen molar-refractivity contribution in [3.63, 3.8) is 0 Å².